The molecule has 24 heavy (non-hydrogen) atoms. The van der Waals surface area contributed by atoms with Gasteiger partial charge in [-0.25, -0.2) is 4.79 Å². The first-order chi connectivity index (χ1) is 11.2. The van der Waals surface area contributed by atoms with Gasteiger partial charge in [0, 0.05) is 17.6 Å². The maximum Gasteiger partial charge on any atom is 0.337 e. The lowest BCUT2D eigenvalue weighted by Crippen LogP contribution is -2.14. The minimum atomic E-state index is -0.892. The molecule has 0 aliphatic rings. The topological polar surface area (TPSA) is 94.3 Å². The standard InChI is InChI=1S/C19H29N3O2/c1-12-14(6-8-21)15-10-13(19(2,3)4)11-16(18(23)24)17(15)22(12)9-5-7-20/h10-11H,5-9,20-21H2,1-4H3,(H,23,24). The Kier molecular flexibility index (Phi) is 5.35. The minimum Gasteiger partial charge on any atom is -0.478 e. The van der Waals surface area contributed by atoms with Gasteiger partial charge in [-0.1, -0.05) is 20.8 Å². The van der Waals surface area contributed by atoms with Crippen LogP contribution in [0.1, 0.15) is 54.4 Å². The molecule has 5 nitrogen and oxygen atoms in total. The second-order valence-electron chi connectivity index (χ2n) is 7.37. The van der Waals surface area contributed by atoms with Gasteiger partial charge >= 0.3 is 5.97 Å². The Labute approximate surface area is 143 Å². The molecule has 0 aliphatic carbocycles. The van der Waals surface area contributed by atoms with E-state index in [0.717, 1.165) is 47.1 Å². The van der Waals surface area contributed by atoms with E-state index < -0.39 is 5.97 Å². The summed E-state index contributed by atoms with van der Waals surface area (Å²) >= 11 is 0. The van der Waals surface area contributed by atoms with Crippen LogP contribution in [-0.2, 0) is 18.4 Å². The van der Waals surface area contributed by atoms with Crippen molar-refractivity contribution >= 4 is 16.9 Å². The first-order valence-corrected chi connectivity index (χ1v) is 8.52. The van der Waals surface area contributed by atoms with Crippen LogP contribution in [-0.4, -0.2) is 28.7 Å². The van der Waals surface area contributed by atoms with Gasteiger partial charge in [-0.3, -0.25) is 0 Å². The SMILES string of the molecule is Cc1c(CCN)c2cc(C(C)(C)C)cc(C(=O)O)c2n1CCCN. The monoisotopic (exact) mass is 331 g/mol. The van der Waals surface area contributed by atoms with E-state index >= 15 is 0 Å². The van der Waals surface area contributed by atoms with Crippen molar-refractivity contribution in [2.24, 2.45) is 11.5 Å². The Hall–Kier alpha value is -1.85. The second kappa shape index (κ2) is 6.95. The summed E-state index contributed by atoms with van der Waals surface area (Å²) in [6.07, 6.45) is 1.55. The van der Waals surface area contributed by atoms with Crippen LogP contribution in [0.5, 0.6) is 0 Å². The van der Waals surface area contributed by atoms with E-state index in [2.05, 4.69) is 31.4 Å². The van der Waals surface area contributed by atoms with E-state index in [1.165, 1.54) is 0 Å². The van der Waals surface area contributed by atoms with Gasteiger partial charge < -0.3 is 21.1 Å². The molecule has 0 aliphatic heterocycles. The lowest BCUT2D eigenvalue weighted by Gasteiger charge is -2.20. The molecule has 0 saturated heterocycles. The first-order valence-electron chi connectivity index (χ1n) is 8.52. The Balaban J connectivity index is 2.87. The van der Waals surface area contributed by atoms with Gasteiger partial charge in [0.2, 0.25) is 0 Å². The number of carbonyl (C=O) groups is 1. The molecule has 1 aromatic carbocycles. The zero-order valence-electron chi connectivity index (χ0n) is 15.1. The number of aromatic carboxylic acids is 1. The number of hydrogen-bond acceptors (Lipinski definition) is 3. The summed E-state index contributed by atoms with van der Waals surface area (Å²) in [5, 5.41) is 10.8. The molecule has 0 amide bonds. The predicted octanol–water partition coefficient (Wildman–Crippen LogP) is 2.80. The average molecular weight is 331 g/mol. The molecular formula is C19H29N3O2. The van der Waals surface area contributed by atoms with Crippen LogP contribution in [0, 0.1) is 6.92 Å². The van der Waals surface area contributed by atoms with Crippen LogP contribution >= 0.6 is 0 Å². The van der Waals surface area contributed by atoms with Crippen molar-refractivity contribution in [2.75, 3.05) is 13.1 Å². The van der Waals surface area contributed by atoms with E-state index in [9.17, 15) is 9.90 Å². The number of rotatable bonds is 6. The van der Waals surface area contributed by atoms with Crippen molar-refractivity contribution in [3.8, 4) is 0 Å². The zero-order valence-corrected chi connectivity index (χ0v) is 15.1. The summed E-state index contributed by atoms with van der Waals surface area (Å²) in [6, 6.07) is 3.95. The Morgan fingerprint density at radius 1 is 1.21 bits per heavy atom. The van der Waals surface area contributed by atoms with E-state index in [1.54, 1.807) is 0 Å². The highest BCUT2D eigenvalue weighted by Crippen LogP contribution is 2.34. The third-order valence-corrected chi connectivity index (χ3v) is 4.62. The van der Waals surface area contributed by atoms with Crippen molar-refractivity contribution < 1.29 is 9.90 Å². The van der Waals surface area contributed by atoms with E-state index in [-0.39, 0.29) is 5.41 Å². The highest BCUT2D eigenvalue weighted by Gasteiger charge is 2.24. The smallest absolute Gasteiger partial charge is 0.337 e. The van der Waals surface area contributed by atoms with Gasteiger partial charge in [0.25, 0.3) is 0 Å². The number of fused-ring (bicyclic) bond motifs is 1. The number of carboxylic acids is 1. The summed E-state index contributed by atoms with van der Waals surface area (Å²) in [4.78, 5) is 11.9. The Morgan fingerprint density at radius 2 is 1.88 bits per heavy atom. The van der Waals surface area contributed by atoms with Crippen LogP contribution in [0.15, 0.2) is 12.1 Å². The molecule has 5 heteroatoms. The van der Waals surface area contributed by atoms with Gasteiger partial charge in [0.05, 0.1) is 11.1 Å². The molecule has 1 aromatic heterocycles. The molecule has 0 unspecified atom stereocenters. The van der Waals surface area contributed by atoms with Crippen LogP contribution in [0.2, 0.25) is 0 Å². The summed E-state index contributed by atoms with van der Waals surface area (Å²) in [7, 11) is 0. The number of aryl methyl sites for hydroxylation is 1. The average Bonchev–Trinajstić information content (AvgIpc) is 2.76. The van der Waals surface area contributed by atoms with E-state index in [0.29, 0.717) is 18.7 Å². The quantitative estimate of drug-likeness (QED) is 0.758. The van der Waals surface area contributed by atoms with Gasteiger partial charge in [-0.15, -0.1) is 0 Å². The fourth-order valence-corrected chi connectivity index (χ4v) is 3.27. The summed E-state index contributed by atoms with van der Waals surface area (Å²) in [5.74, 6) is -0.892. The minimum absolute atomic E-state index is 0.119. The number of nitrogens with zero attached hydrogens (tertiary/aromatic N) is 1. The zero-order chi connectivity index (χ0) is 18.1. The normalized spacial score (nSPS) is 12.1. The summed E-state index contributed by atoms with van der Waals surface area (Å²) in [5.41, 5.74) is 15.8. The number of aromatic nitrogens is 1. The van der Waals surface area contributed by atoms with Crippen molar-refractivity contribution in [3.63, 3.8) is 0 Å². The molecule has 132 valence electrons. The van der Waals surface area contributed by atoms with Crippen LogP contribution in [0.25, 0.3) is 10.9 Å². The molecule has 0 saturated carbocycles. The molecule has 2 aromatic rings. The fourth-order valence-electron chi connectivity index (χ4n) is 3.27. The van der Waals surface area contributed by atoms with Crippen LogP contribution in [0.4, 0.5) is 0 Å². The maximum absolute atomic E-state index is 11.9. The molecule has 2 rings (SSSR count). The van der Waals surface area contributed by atoms with Crippen LogP contribution in [0.3, 0.4) is 0 Å². The lowest BCUT2D eigenvalue weighted by molar-refractivity contribution is 0.0698. The highest BCUT2D eigenvalue weighted by molar-refractivity contribution is 6.04. The van der Waals surface area contributed by atoms with Gasteiger partial charge in [0.15, 0.2) is 0 Å². The number of benzene rings is 1. The molecule has 0 bridgehead atoms. The van der Waals surface area contributed by atoms with Crippen molar-refractivity contribution in [2.45, 2.75) is 52.5 Å². The van der Waals surface area contributed by atoms with Gasteiger partial charge in [0.1, 0.15) is 0 Å². The Bertz CT molecular complexity index is 754. The van der Waals surface area contributed by atoms with E-state index in [4.69, 9.17) is 11.5 Å². The summed E-state index contributed by atoms with van der Waals surface area (Å²) < 4.78 is 2.10. The molecule has 5 N–H and O–H groups in total. The lowest BCUT2D eigenvalue weighted by atomic mass is 9.84. The van der Waals surface area contributed by atoms with E-state index in [1.807, 2.05) is 13.0 Å². The molecule has 0 radical (unpaired) electrons. The molecule has 0 spiro atoms. The molecule has 1 heterocycles. The predicted molar refractivity (Wildman–Crippen MR) is 98.8 cm³/mol. The van der Waals surface area contributed by atoms with Gasteiger partial charge in [-0.05, 0) is 61.5 Å². The number of nitrogens with two attached hydrogens (primary N) is 2. The maximum atomic E-state index is 11.9. The van der Waals surface area contributed by atoms with Crippen molar-refractivity contribution in [3.05, 3.63) is 34.5 Å². The molecule has 0 atom stereocenters. The second-order valence-corrected chi connectivity index (χ2v) is 7.37. The van der Waals surface area contributed by atoms with Crippen molar-refractivity contribution in [1.82, 2.24) is 4.57 Å². The number of hydrogen-bond donors (Lipinski definition) is 3. The first kappa shape index (κ1) is 18.5. The van der Waals surface area contributed by atoms with Gasteiger partial charge in [-0.2, -0.15) is 0 Å². The Morgan fingerprint density at radius 3 is 2.38 bits per heavy atom. The molecule has 0 fully saturated rings. The third-order valence-electron chi connectivity index (χ3n) is 4.62. The molecular weight excluding hydrogens is 302 g/mol. The van der Waals surface area contributed by atoms with Crippen LogP contribution < -0.4 is 11.5 Å². The third kappa shape index (κ3) is 3.32. The largest absolute Gasteiger partial charge is 0.478 e. The van der Waals surface area contributed by atoms with Crippen molar-refractivity contribution in [1.29, 1.82) is 0 Å². The highest BCUT2D eigenvalue weighted by atomic mass is 16.4. The summed E-state index contributed by atoms with van der Waals surface area (Å²) in [6.45, 7) is 10.2. The fraction of sp³-hybridized carbons (Fsp3) is 0.526. The number of carboxylic acid groups (broad SMARTS) is 1.